The summed E-state index contributed by atoms with van der Waals surface area (Å²) in [5.41, 5.74) is 3.16. The van der Waals surface area contributed by atoms with E-state index < -0.39 is 0 Å². The zero-order valence-corrected chi connectivity index (χ0v) is 15.2. The van der Waals surface area contributed by atoms with Crippen LogP contribution in [0, 0.1) is 13.8 Å². The van der Waals surface area contributed by atoms with Crippen LogP contribution in [0.5, 0.6) is 5.75 Å². The average molecular weight is 354 g/mol. The van der Waals surface area contributed by atoms with Crippen molar-refractivity contribution in [3.05, 3.63) is 46.8 Å². The maximum Gasteiger partial charge on any atom is 0.227 e. The minimum absolute atomic E-state index is 0.0664. The van der Waals surface area contributed by atoms with Crippen molar-refractivity contribution in [3.8, 4) is 5.75 Å². The van der Waals surface area contributed by atoms with Crippen LogP contribution in [0.2, 0.25) is 0 Å². The number of Topliss-reactive ketones (excluding diaryl/α,β-unsaturated/α-hetero) is 2. The summed E-state index contributed by atoms with van der Waals surface area (Å²) in [7, 11) is 0. The van der Waals surface area contributed by atoms with E-state index in [2.05, 4.69) is 4.98 Å². The molecule has 1 saturated heterocycles. The number of hydrogen-bond acceptors (Lipinski definition) is 4. The zero-order valence-electron chi connectivity index (χ0n) is 15.2. The topological polar surface area (TPSA) is 79.5 Å². The fourth-order valence-electron chi connectivity index (χ4n) is 3.42. The Labute approximate surface area is 152 Å². The normalized spacial score (nSPS) is 14.0. The highest BCUT2D eigenvalue weighted by Crippen LogP contribution is 2.24. The summed E-state index contributed by atoms with van der Waals surface area (Å²) >= 11 is 0. The molecule has 2 heterocycles. The first-order valence-corrected chi connectivity index (χ1v) is 8.65. The minimum Gasteiger partial charge on any atom is -0.485 e. The predicted molar refractivity (Wildman–Crippen MR) is 98.1 cm³/mol. The highest BCUT2D eigenvalue weighted by Gasteiger charge is 2.22. The molecule has 3 rings (SSSR count). The molecule has 0 atom stereocenters. The number of amides is 1. The number of carbonyl (C=O) groups excluding carboxylic acids is 3. The number of ether oxygens (including phenoxy) is 1. The third-order valence-electron chi connectivity index (χ3n) is 4.66. The van der Waals surface area contributed by atoms with Crippen LogP contribution in [0.4, 0.5) is 5.69 Å². The molecule has 6 nitrogen and oxygen atoms in total. The number of benzene rings is 1. The van der Waals surface area contributed by atoms with Gasteiger partial charge in [-0.2, -0.15) is 0 Å². The molecule has 1 aromatic heterocycles. The number of aromatic amines is 1. The molecule has 26 heavy (non-hydrogen) atoms. The fourth-order valence-corrected chi connectivity index (χ4v) is 3.42. The van der Waals surface area contributed by atoms with E-state index >= 15 is 0 Å². The minimum atomic E-state index is -0.211. The molecule has 0 unspecified atom stereocenters. The summed E-state index contributed by atoms with van der Waals surface area (Å²) < 4.78 is 5.57. The van der Waals surface area contributed by atoms with Crippen LogP contribution in [-0.4, -0.2) is 35.6 Å². The van der Waals surface area contributed by atoms with Gasteiger partial charge in [-0.3, -0.25) is 14.4 Å². The SMILES string of the molecule is CC(=O)c1c(C)[nH]c(C(=O)COc2ccc(N3CCCC3=O)cc2)c1C. The van der Waals surface area contributed by atoms with Crippen LogP contribution in [0.3, 0.4) is 0 Å². The number of carbonyl (C=O) groups is 3. The first-order chi connectivity index (χ1) is 12.4. The van der Waals surface area contributed by atoms with Gasteiger partial charge in [-0.15, -0.1) is 0 Å². The summed E-state index contributed by atoms with van der Waals surface area (Å²) in [6.45, 7) is 5.64. The Morgan fingerprint density at radius 2 is 1.88 bits per heavy atom. The third-order valence-corrected chi connectivity index (χ3v) is 4.66. The van der Waals surface area contributed by atoms with Crippen molar-refractivity contribution < 1.29 is 19.1 Å². The van der Waals surface area contributed by atoms with Crippen LogP contribution >= 0.6 is 0 Å². The van der Waals surface area contributed by atoms with Gasteiger partial charge in [0.1, 0.15) is 5.75 Å². The second kappa shape index (κ2) is 7.15. The van der Waals surface area contributed by atoms with Crippen LogP contribution in [-0.2, 0) is 4.79 Å². The number of ketones is 2. The molecule has 136 valence electrons. The maximum absolute atomic E-state index is 12.4. The van der Waals surface area contributed by atoms with Gasteiger partial charge in [-0.05, 0) is 57.0 Å². The Balaban J connectivity index is 1.66. The van der Waals surface area contributed by atoms with E-state index in [4.69, 9.17) is 4.74 Å². The van der Waals surface area contributed by atoms with Crippen LogP contribution in [0.15, 0.2) is 24.3 Å². The molecule has 2 aromatic rings. The highest BCUT2D eigenvalue weighted by molar-refractivity contribution is 6.03. The lowest BCUT2D eigenvalue weighted by Gasteiger charge is -2.16. The number of aryl methyl sites for hydroxylation is 1. The van der Waals surface area contributed by atoms with Gasteiger partial charge in [0.25, 0.3) is 0 Å². The van der Waals surface area contributed by atoms with Crippen LogP contribution in [0.1, 0.15) is 51.9 Å². The van der Waals surface area contributed by atoms with E-state index in [1.807, 2.05) is 12.1 Å². The van der Waals surface area contributed by atoms with E-state index in [1.54, 1.807) is 30.9 Å². The Bertz CT molecular complexity index is 865. The highest BCUT2D eigenvalue weighted by atomic mass is 16.5. The van der Waals surface area contributed by atoms with Crippen molar-refractivity contribution in [3.63, 3.8) is 0 Å². The molecular weight excluding hydrogens is 332 g/mol. The van der Waals surface area contributed by atoms with Gasteiger partial charge in [-0.1, -0.05) is 0 Å². The largest absolute Gasteiger partial charge is 0.485 e. The summed E-state index contributed by atoms with van der Waals surface area (Å²) in [6, 6.07) is 7.14. The lowest BCUT2D eigenvalue weighted by atomic mass is 10.1. The van der Waals surface area contributed by atoms with Gasteiger partial charge >= 0.3 is 0 Å². The molecule has 1 N–H and O–H groups in total. The van der Waals surface area contributed by atoms with Gasteiger partial charge < -0.3 is 14.6 Å². The van der Waals surface area contributed by atoms with Crippen molar-refractivity contribution in [2.24, 2.45) is 0 Å². The zero-order chi connectivity index (χ0) is 18.8. The number of anilines is 1. The van der Waals surface area contributed by atoms with E-state index in [9.17, 15) is 14.4 Å². The monoisotopic (exact) mass is 354 g/mol. The van der Waals surface area contributed by atoms with E-state index in [-0.39, 0.29) is 24.1 Å². The molecule has 6 heteroatoms. The van der Waals surface area contributed by atoms with E-state index in [0.29, 0.717) is 34.7 Å². The standard InChI is InChI=1S/C20H22N2O4/c1-12-19(14(3)23)13(2)21-20(12)17(24)11-26-16-8-6-15(7-9-16)22-10-4-5-18(22)25/h6-9,21H,4-5,10-11H2,1-3H3. The molecule has 1 aliphatic rings. The maximum atomic E-state index is 12.4. The molecule has 0 spiro atoms. The number of H-pyrrole nitrogens is 1. The molecule has 0 bridgehead atoms. The number of aromatic nitrogens is 1. The quantitative estimate of drug-likeness (QED) is 0.808. The molecular formula is C20H22N2O4. The van der Waals surface area contributed by atoms with Crippen molar-refractivity contribution in [2.45, 2.75) is 33.6 Å². The second-order valence-corrected chi connectivity index (χ2v) is 6.54. The Hall–Kier alpha value is -2.89. The predicted octanol–water partition coefficient (Wildman–Crippen LogP) is 3.22. The summed E-state index contributed by atoms with van der Waals surface area (Å²) in [5, 5.41) is 0. The van der Waals surface area contributed by atoms with Crippen molar-refractivity contribution in [2.75, 3.05) is 18.1 Å². The van der Waals surface area contributed by atoms with Gasteiger partial charge in [0.05, 0.1) is 5.69 Å². The average Bonchev–Trinajstić information content (AvgIpc) is 3.16. The molecule has 1 aromatic carbocycles. The van der Waals surface area contributed by atoms with Crippen LogP contribution in [0.25, 0.3) is 0 Å². The fraction of sp³-hybridized carbons (Fsp3) is 0.350. The third kappa shape index (κ3) is 3.40. The molecule has 1 fully saturated rings. The Morgan fingerprint density at radius 3 is 2.42 bits per heavy atom. The number of nitrogens with one attached hydrogen (secondary N) is 1. The number of nitrogens with zero attached hydrogens (tertiary/aromatic N) is 1. The number of hydrogen-bond donors (Lipinski definition) is 1. The Kier molecular flexibility index (Phi) is 4.93. The molecule has 0 radical (unpaired) electrons. The summed E-state index contributed by atoms with van der Waals surface area (Å²) in [6.07, 6.45) is 1.46. The lowest BCUT2D eigenvalue weighted by Crippen LogP contribution is -2.23. The molecule has 0 saturated carbocycles. The molecule has 0 aliphatic carbocycles. The van der Waals surface area contributed by atoms with E-state index in [1.165, 1.54) is 6.92 Å². The van der Waals surface area contributed by atoms with E-state index in [0.717, 1.165) is 18.7 Å². The lowest BCUT2D eigenvalue weighted by molar-refractivity contribution is -0.117. The van der Waals surface area contributed by atoms with Crippen molar-refractivity contribution in [1.29, 1.82) is 0 Å². The first-order valence-electron chi connectivity index (χ1n) is 8.65. The smallest absolute Gasteiger partial charge is 0.227 e. The van der Waals surface area contributed by atoms with Gasteiger partial charge in [0.2, 0.25) is 11.7 Å². The van der Waals surface area contributed by atoms with Gasteiger partial charge in [0, 0.05) is 29.9 Å². The second-order valence-electron chi connectivity index (χ2n) is 6.54. The number of rotatable bonds is 6. The first kappa shape index (κ1) is 17.9. The Morgan fingerprint density at radius 1 is 1.19 bits per heavy atom. The van der Waals surface area contributed by atoms with Gasteiger partial charge in [-0.25, -0.2) is 0 Å². The van der Waals surface area contributed by atoms with Crippen molar-refractivity contribution in [1.82, 2.24) is 4.98 Å². The molecule has 1 amide bonds. The van der Waals surface area contributed by atoms with Crippen LogP contribution < -0.4 is 9.64 Å². The molecule has 1 aliphatic heterocycles. The van der Waals surface area contributed by atoms with Crippen molar-refractivity contribution >= 4 is 23.2 Å². The summed E-state index contributed by atoms with van der Waals surface area (Å²) in [4.78, 5) is 40.6. The summed E-state index contributed by atoms with van der Waals surface area (Å²) in [5.74, 6) is 0.411. The van der Waals surface area contributed by atoms with Gasteiger partial charge in [0.15, 0.2) is 12.4 Å².